The van der Waals surface area contributed by atoms with Crippen LogP contribution in [0.15, 0.2) is 12.4 Å². The highest BCUT2D eigenvalue weighted by Crippen LogP contribution is 2.37. The molecule has 2 rings (SSSR count). The van der Waals surface area contributed by atoms with Crippen LogP contribution < -0.4 is 11.3 Å². The van der Waals surface area contributed by atoms with Gasteiger partial charge in [-0.1, -0.05) is 33.1 Å². The Morgan fingerprint density at radius 2 is 2.11 bits per heavy atom. The average Bonchev–Trinajstić information content (AvgIpc) is 2.89. The number of aryl methyl sites for hydroxylation is 1. The molecule has 0 saturated heterocycles. The maximum absolute atomic E-state index is 5.80. The number of hydrazine groups is 1. The third kappa shape index (κ3) is 3.57. The zero-order valence-corrected chi connectivity index (χ0v) is 12.3. The third-order valence-electron chi connectivity index (χ3n) is 4.58. The SMILES string of the molecule is CCCn1cc(C(NN)C2CCC(CC)CC2)cn1. The summed E-state index contributed by atoms with van der Waals surface area (Å²) in [5.41, 5.74) is 4.27. The summed E-state index contributed by atoms with van der Waals surface area (Å²) in [6, 6.07) is 0.267. The molecule has 1 aromatic rings. The van der Waals surface area contributed by atoms with Crippen LogP contribution in [0, 0.1) is 11.8 Å². The predicted octanol–water partition coefficient (Wildman–Crippen LogP) is 3.01. The first-order valence-electron chi connectivity index (χ1n) is 7.76. The summed E-state index contributed by atoms with van der Waals surface area (Å²) in [7, 11) is 0. The Hall–Kier alpha value is -0.870. The minimum Gasteiger partial charge on any atom is -0.272 e. The minimum absolute atomic E-state index is 0.267. The Kier molecular flexibility index (Phi) is 5.40. The van der Waals surface area contributed by atoms with Gasteiger partial charge in [0.15, 0.2) is 0 Å². The van der Waals surface area contributed by atoms with Crippen molar-refractivity contribution in [1.82, 2.24) is 15.2 Å². The van der Waals surface area contributed by atoms with Gasteiger partial charge in [0.25, 0.3) is 0 Å². The quantitative estimate of drug-likeness (QED) is 0.613. The lowest BCUT2D eigenvalue weighted by atomic mass is 9.76. The molecule has 1 aliphatic carbocycles. The number of rotatable bonds is 6. The van der Waals surface area contributed by atoms with E-state index in [0.29, 0.717) is 5.92 Å². The van der Waals surface area contributed by atoms with E-state index in [2.05, 4.69) is 30.6 Å². The van der Waals surface area contributed by atoms with Crippen molar-refractivity contribution in [2.75, 3.05) is 0 Å². The summed E-state index contributed by atoms with van der Waals surface area (Å²) in [5, 5.41) is 4.42. The van der Waals surface area contributed by atoms with E-state index in [1.165, 1.54) is 37.7 Å². The normalized spacial score (nSPS) is 25.4. The van der Waals surface area contributed by atoms with Crippen molar-refractivity contribution in [3.8, 4) is 0 Å². The van der Waals surface area contributed by atoms with Crippen molar-refractivity contribution in [3.63, 3.8) is 0 Å². The number of hydrogen-bond donors (Lipinski definition) is 2. The van der Waals surface area contributed by atoms with Gasteiger partial charge in [0.05, 0.1) is 12.2 Å². The standard InChI is InChI=1S/C15H28N4/c1-3-9-19-11-14(10-17-19)15(18-16)13-7-5-12(4-2)6-8-13/h10-13,15,18H,3-9,16H2,1-2H3. The Morgan fingerprint density at radius 3 is 2.68 bits per heavy atom. The molecule has 3 N–H and O–H groups in total. The first-order chi connectivity index (χ1) is 9.28. The summed E-state index contributed by atoms with van der Waals surface area (Å²) >= 11 is 0. The molecule has 1 aliphatic rings. The second kappa shape index (κ2) is 7.06. The van der Waals surface area contributed by atoms with Gasteiger partial charge < -0.3 is 0 Å². The molecule has 0 amide bonds. The highest BCUT2D eigenvalue weighted by molar-refractivity contribution is 5.12. The maximum atomic E-state index is 5.80. The van der Waals surface area contributed by atoms with Gasteiger partial charge in [0.1, 0.15) is 0 Å². The number of nitrogens with one attached hydrogen (secondary N) is 1. The third-order valence-corrected chi connectivity index (χ3v) is 4.58. The summed E-state index contributed by atoms with van der Waals surface area (Å²) in [6.07, 6.45) is 11.8. The van der Waals surface area contributed by atoms with Crippen molar-refractivity contribution in [1.29, 1.82) is 0 Å². The fourth-order valence-corrected chi connectivity index (χ4v) is 3.33. The predicted molar refractivity (Wildman–Crippen MR) is 78.3 cm³/mol. The molecule has 0 bridgehead atoms. The summed E-state index contributed by atoms with van der Waals surface area (Å²) in [4.78, 5) is 0. The van der Waals surface area contributed by atoms with E-state index in [4.69, 9.17) is 5.84 Å². The molecular weight excluding hydrogens is 236 g/mol. The van der Waals surface area contributed by atoms with Crippen molar-refractivity contribution < 1.29 is 0 Å². The van der Waals surface area contributed by atoms with Crippen LogP contribution >= 0.6 is 0 Å². The monoisotopic (exact) mass is 264 g/mol. The van der Waals surface area contributed by atoms with Crippen molar-refractivity contribution in [3.05, 3.63) is 18.0 Å². The van der Waals surface area contributed by atoms with Crippen LogP contribution in [-0.4, -0.2) is 9.78 Å². The van der Waals surface area contributed by atoms with E-state index in [0.717, 1.165) is 18.9 Å². The Labute approximate surface area is 116 Å². The summed E-state index contributed by atoms with van der Waals surface area (Å²) in [6.45, 7) is 5.46. The van der Waals surface area contributed by atoms with Crippen LogP contribution in [0.4, 0.5) is 0 Å². The molecule has 108 valence electrons. The first kappa shape index (κ1) is 14.5. The second-order valence-electron chi connectivity index (χ2n) is 5.87. The number of hydrogen-bond acceptors (Lipinski definition) is 3. The maximum Gasteiger partial charge on any atom is 0.0538 e. The molecule has 4 nitrogen and oxygen atoms in total. The van der Waals surface area contributed by atoms with Gasteiger partial charge in [-0.3, -0.25) is 16.0 Å². The van der Waals surface area contributed by atoms with Gasteiger partial charge in [-0.15, -0.1) is 0 Å². The van der Waals surface area contributed by atoms with Crippen molar-refractivity contribution >= 4 is 0 Å². The molecule has 1 aromatic heterocycles. The lowest BCUT2D eigenvalue weighted by Gasteiger charge is -2.32. The second-order valence-corrected chi connectivity index (χ2v) is 5.87. The van der Waals surface area contributed by atoms with Crippen LogP contribution in [0.2, 0.25) is 0 Å². The molecule has 1 fully saturated rings. The smallest absolute Gasteiger partial charge is 0.0538 e. The number of nitrogens with two attached hydrogens (primary N) is 1. The summed E-state index contributed by atoms with van der Waals surface area (Å²) < 4.78 is 2.03. The number of aromatic nitrogens is 2. The molecule has 0 radical (unpaired) electrons. The van der Waals surface area contributed by atoms with Gasteiger partial charge in [0, 0.05) is 18.3 Å². The largest absolute Gasteiger partial charge is 0.272 e. The number of nitrogens with zero attached hydrogens (tertiary/aromatic N) is 2. The van der Waals surface area contributed by atoms with E-state index < -0.39 is 0 Å². The molecule has 1 atom stereocenters. The molecule has 1 heterocycles. The topological polar surface area (TPSA) is 55.9 Å². The van der Waals surface area contributed by atoms with Crippen LogP contribution in [0.25, 0.3) is 0 Å². The van der Waals surface area contributed by atoms with Crippen molar-refractivity contribution in [2.45, 2.75) is 65.0 Å². The first-order valence-corrected chi connectivity index (χ1v) is 7.76. The van der Waals surface area contributed by atoms with E-state index in [1.807, 2.05) is 10.9 Å². The van der Waals surface area contributed by atoms with Crippen molar-refractivity contribution in [2.24, 2.45) is 17.7 Å². The lowest BCUT2D eigenvalue weighted by Crippen LogP contribution is -2.35. The van der Waals surface area contributed by atoms with Gasteiger partial charge in [-0.05, 0) is 31.1 Å². The molecule has 1 saturated carbocycles. The van der Waals surface area contributed by atoms with Crippen LogP contribution in [-0.2, 0) is 6.54 Å². The highest BCUT2D eigenvalue weighted by atomic mass is 15.3. The van der Waals surface area contributed by atoms with E-state index >= 15 is 0 Å². The fourth-order valence-electron chi connectivity index (χ4n) is 3.33. The Morgan fingerprint density at radius 1 is 1.37 bits per heavy atom. The van der Waals surface area contributed by atoms with Crippen LogP contribution in [0.1, 0.15) is 64.0 Å². The molecule has 0 aromatic carbocycles. The van der Waals surface area contributed by atoms with Gasteiger partial charge in [-0.25, -0.2) is 0 Å². The molecule has 0 aliphatic heterocycles. The molecular formula is C15H28N4. The van der Waals surface area contributed by atoms with Gasteiger partial charge in [0.2, 0.25) is 0 Å². The van der Waals surface area contributed by atoms with E-state index in [-0.39, 0.29) is 6.04 Å². The average molecular weight is 264 g/mol. The van der Waals surface area contributed by atoms with E-state index in [1.54, 1.807) is 0 Å². The summed E-state index contributed by atoms with van der Waals surface area (Å²) in [5.74, 6) is 7.39. The zero-order chi connectivity index (χ0) is 13.7. The van der Waals surface area contributed by atoms with Gasteiger partial charge >= 0.3 is 0 Å². The minimum atomic E-state index is 0.267. The Balaban J connectivity index is 1.99. The highest BCUT2D eigenvalue weighted by Gasteiger charge is 2.28. The Bertz CT molecular complexity index is 366. The molecule has 19 heavy (non-hydrogen) atoms. The molecule has 4 heteroatoms. The van der Waals surface area contributed by atoms with Gasteiger partial charge in [-0.2, -0.15) is 5.10 Å². The van der Waals surface area contributed by atoms with E-state index in [9.17, 15) is 0 Å². The molecule has 1 unspecified atom stereocenters. The fraction of sp³-hybridized carbons (Fsp3) is 0.800. The zero-order valence-electron chi connectivity index (χ0n) is 12.3. The van der Waals surface area contributed by atoms with Crippen LogP contribution in [0.3, 0.4) is 0 Å². The lowest BCUT2D eigenvalue weighted by molar-refractivity contribution is 0.219. The van der Waals surface area contributed by atoms with Crippen LogP contribution in [0.5, 0.6) is 0 Å². The molecule has 0 spiro atoms.